The molecule has 2 N–H and O–H groups in total. The van der Waals surface area contributed by atoms with Gasteiger partial charge in [-0.2, -0.15) is 0 Å². The van der Waals surface area contributed by atoms with Gasteiger partial charge in [-0.05, 0) is 44.7 Å². The van der Waals surface area contributed by atoms with Crippen molar-refractivity contribution in [1.29, 1.82) is 0 Å². The van der Waals surface area contributed by atoms with Crippen molar-refractivity contribution in [2.75, 3.05) is 13.2 Å². The highest BCUT2D eigenvalue weighted by atomic mass is 16.5. The number of rotatable bonds is 7. The van der Waals surface area contributed by atoms with Gasteiger partial charge in [0.2, 0.25) is 0 Å². The van der Waals surface area contributed by atoms with Gasteiger partial charge in [0.15, 0.2) is 6.61 Å². The number of aliphatic hydroxyl groups excluding tert-OH is 1. The van der Waals surface area contributed by atoms with Gasteiger partial charge in [0, 0.05) is 12.6 Å². The van der Waals surface area contributed by atoms with E-state index in [4.69, 9.17) is 9.84 Å². The molecule has 0 aromatic heterocycles. The lowest BCUT2D eigenvalue weighted by Crippen LogP contribution is -2.38. The van der Waals surface area contributed by atoms with Gasteiger partial charge in [-0.15, -0.1) is 0 Å². The van der Waals surface area contributed by atoms with Crippen molar-refractivity contribution in [2.24, 2.45) is 0 Å². The maximum absolute atomic E-state index is 11.8. The van der Waals surface area contributed by atoms with E-state index < -0.39 is 0 Å². The second-order valence-electron chi connectivity index (χ2n) is 5.20. The number of carbonyl (C=O) groups excluding carboxylic acids is 1. The molecule has 0 aliphatic rings. The van der Waals surface area contributed by atoms with E-state index in [2.05, 4.69) is 5.32 Å². The summed E-state index contributed by atoms with van der Waals surface area (Å²) < 4.78 is 5.63. The van der Waals surface area contributed by atoms with E-state index in [1.807, 2.05) is 39.8 Å². The van der Waals surface area contributed by atoms with E-state index in [0.29, 0.717) is 6.42 Å². The number of aryl methyl sites for hydroxylation is 3. The minimum absolute atomic E-state index is 0.00662. The summed E-state index contributed by atoms with van der Waals surface area (Å²) in [6.07, 6.45) is 1.37. The molecule has 0 heterocycles. The van der Waals surface area contributed by atoms with Crippen molar-refractivity contribution in [1.82, 2.24) is 5.32 Å². The molecule has 0 aliphatic heterocycles. The molecule has 0 spiro atoms. The summed E-state index contributed by atoms with van der Waals surface area (Å²) in [4.78, 5) is 11.8. The Morgan fingerprint density at radius 2 is 1.90 bits per heavy atom. The zero-order valence-corrected chi connectivity index (χ0v) is 12.8. The Hall–Kier alpha value is -1.55. The maximum atomic E-state index is 11.8. The fourth-order valence-corrected chi connectivity index (χ4v) is 2.34. The first kappa shape index (κ1) is 16.5. The molecule has 1 atom stereocenters. The predicted molar refractivity (Wildman–Crippen MR) is 80.1 cm³/mol. The van der Waals surface area contributed by atoms with Gasteiger partial charge in [-0.3, -0.25) is 4.79 Å². The van der Waals surface area contributed by atoms with Crippen LogP contribution in [0.2, 0.25) is 0 Å². The predicted octanol–water partition coefficient (Wildman–Crippen LogP) is 2.27. The van der Waals surface area contributed by atoms with E-state index in [0.717, 1.165) is 23.3 Å². The molecule has 0 radical (unpaired) electrons. The molecule has 0 saturated heterocycles. The first-order valence-electron chi connectivity index (χ1n) is 7.08. The maximum Gasteiger partial charge on any atom is 0.258 e. The Kier molecular flexibility index (Phi) is 6.52. The normalized spacial score (nSPS) is 12.1. The number of benzene rings is 1. The van der Waals surface area contributed by atoms with E-state index in [-0.39, 0.29) is 25.2 Å². The minimum atomic E-state index is -0.148. The Morgan fingerprint density at radius 3 is 2.40 bits per heavy atom. The highest BCUT2D eigenvalue weighted by Gasteiger charge is 2.12. The number of ether oxygens (including phenoxy) is 1. The first-order chi connectivity index (χ1) is 9.47. The lowest BCUT2D eigenvalue weighted by Gasteiger charge is -2.17. The van der Waals surface area contributed by atoms with Crippen LogP contribution in [0.3, 0.4) is 0 Å². The lowest BCUT2D eigenvalue weighted by molar-refractivity contribution is -0.123. The van der Waals surface area contributed by atoms with E-state index in [1.54, 1.807) is 0 Å². The molecule has 1 rings (SSSR count). The van der Waals surface area contributed by atoms with Crippen molar-refractivity contribution in [2.45, 2.75) is 46.6 Å². The molecule has 1 amide bonds. The monoisotopic (exact) mass is 279 g/mol. The summed E-state index contributed by atoms with van der Waals surface area (Å²) >= 11 is 0. The summed E-state index contributed by atoms with van der Waals surface area (Å²) in [6.45, 7) is 8.07. The summed E-state index contributed by atoms with van der Waals surface area (Å²) in [5, 5.41) is 11.8. The van der Waals surface area contributed by atoms with Gasteiger partial charge in [-0.25, -0.2) is 0 Å². The van der Waals surface area contributed by atoms with Crippen molar-refractivity contribution in [3.8, 4) is 5.75 Å². The van der Waals surface area contributed by atoms with Crippen LogP contribution in [0.1, 0.15) is 36.5 Å². The van der Waals surface area contributed by atoms with Crippen LogP contribution in [-0.4, -0.2) is 30.3 Å². The Morgan fingerprint density at radius 1 is 1.30 bits per heavy atom. The van der Waals surface area contributed by atoms with E-state index in [1.165, 1.54) is 5.56 Å². The molecule has 4 heteroatoms. The van der Waals surface area contributed by atoms with Crippen LogP contribution in [0, 0.1) is 20.8 Å². The number of carbonyl (C=O) groups is 1. The molecule has 0 fully saturated rings. The summed E-state index contributed by atoms with van der Waals surface area (Å²) in [7, 11) is 0. The third-order valence-electron chi connectivity index (χ3n) is 3.29. The van der Waals surface area contributed by atoms with Crippen molar-refractivity contribution < 1.29 is 14.6 Å². The molecule has 1 aromatic rings. The Labute approximate surface area is 121 Å². The number of amides is 1. The van der Waals surface area contributed by atoms with Gasteiger partial charge in [-0.1, -0.05) is 24.6 Å². The molecular weight excluding hydrogens is 254 g/mol. The van der Waals surface area contributed by atoms with Gasteiger partial charge in [0.25, 0.3) is 5.91 Å². The van der Waals surface area contributed by atoms with Crippen molar-refractivity contribution in [3.63, 3.8) is 0 Å². The Balaban J connectivity index is 2.57. The van der Waals surface area contributed by atoms with Crippen LogP contribution in [0.25, 0.3) is 0 Å². The van der Waals surface area contributed by atoms with Gasteiger partial charge in [0.05, 0.1) is 0 Å². The molecule has 0 aliphatic carbocycles. The van der Waals surface area contributed by atoms with Crippen LogP contribution >= 0.6 is 0 Å². The third kappa shape index (κ3) is 4.85. The lowest BCUT2D eigenvalue weighted by atomic mass is 10.1. The van der Waals surface area contributed by atoms with Crippen molar-refractivity contribution >= 4 is 5.91 Å². The van der Waals surface area contributed by atoms with Crippen LogP contribution in [-0.2, 0) is 4.79 Å². The second-order valence-corrected chi connectivity index (χ2v) is 5.20. The SMILES string of the molecule is CCC(CCO)NC(=O)COc1c(C)cc(C)cc1C. The highest BCUT2D eigenvalue weighted by molar-refractivity contribution is 5.77. The smallest absolute Gasteiger partial charge is 0.258 e. The number of aliphatic hydroxyl groups is 1. The number of hydrogen-bond acceptors (Lipinski definition) is 3. The fraction of sp³-hybridized carbons (Fsp3) is 0.562. The molecule has 4 nitrogen and oxygen atoms in total. The van der Waals surface area contributed by atoms with Gasteiger partial charge in [0.1, 0.15) is 5.75 Å². The van der Waals surface area contributed by atoms with Crippen molar-refractivity contribution in [3.05, 3.63) is 28.8 Å². The topological polar surface area (TPSA) is 58.6 Å². The quantitative estimate of drug-likeness (QED) is 0.805. The fourth-order valence-electron chi connectivity index (χ4n) is 2.34. The standard InChI is InChI=1S/C16H25NO3/c1-5-14(6-7-18)17-15(19)10-20-16-12(3)8-11(2)9-13(16)4/h8-9,14,18H,5-7,10H2,1-4H3,(H,17,19). The zero-order chi connectivity index (χ0) is 15.1. The largest absolute Gasteiger partial charge is 0.483 e. The van der Waals surface area contributed by atoms with Gasteiger partial charge >= 0.3 is 0 Å². The molecule has 0 bridgehead atoms. The minimum Gasteiger partial charge on any atom is -0.483 e. The van der Waals surface area contributed by atoms with E-state index in [9.17, 15) is 4.79 Å². The first-order valence-corrected chi connectivity index (χ1v) is 7.08. The van der Waals surface area contributed by atoms with Crippen LogP contribution in [0.4, 0.5) is 0 Å². The van der Waals surface area contributed by atoms with Crippen LogP contribution in [0.5, 0.6) is 5.75 Å². The third-order valence-corrected chi connectivity index (χ3v) is 3.29. The molecule has 112 valence electrons. The number of nitrogens with one attached hydrogen (secondary N) is 1. The summed E-state index contributed by atoms with van der Waals surface area (Å²) in [5.41, 5.74) is 3.26. The second kappa shape index (κ2) is 7.90. The average molecular weight is 279 g/mol. The van der Waals surface area contributed by atoms with Crippen LogP contribution < -0.4 is 10.1 Å². The Bertz CT molecular complexity index is 434. The van der Waals surface area contributed by atoms with Crippen LogP contribution in [0.15, 0.2) is 12.1 Å². The summed E-state index contributed by atoms with van der Waals surface area (Å²) in [6, 6.07) is 4.10. The average Bonchev–Trinajstić information content (AvgIpc) is 2.36. The van der Waals surface area contributed by atoms with E-state index >= 15 is 0 Å². The van der Waals surface area contributed by atoms with Gasteiger partial charge < -0.3 is 15.2 Å². The molecule has 1 aromatic carbocycles. The highest BCUT2D eigenvalue weighted by Crippen LogP contribution is 2.24. The molecule has 0 saturated carbocycles. The number of hydrogen-bond donors (Lipinski definition) is 2. The zero-order valence-electron chi connectivity index (χ0n) is 12.8. The molecule has 1 unspecified atom stereocenters. The molecular formula is C16H25NO3. The molecule has 20 heavy (non-hydrogen) atoms. The summed E-state index contributed by atoms with van der Waals surface area (Å²) in [5.74, 6) is 0.630.